The fourth-order valence-corrected chi connectivity index (χ4v) is 2.06. The van der Waals surface area contributed by atoms with Crippen molar-refractivity contribution >= 4 is 23.1 Å². The zero-order chi connectivity index (χ0) is 12.3. The van der Waals surface area contributed by atoms with Gasteiger partial charge in [-0.05, 0) is 13.3 Å². The molecule has 0 aliphatic rings. The van der Waals surface area contributed by atoms with Gasteiger partial charge < -0.3 is 5.32 Å². The number of aromatic amines is 1. The van der Waals surface area contributed by atoms with Crippen LogP contribution >= 0.6 is 11.3 Å². The van der Waals surface area contributed by atoms with Gasteiger partial charge in [-0.15, -0.1) is 11.3 Å². The standard InChI is InChI=1S/C11H14N4OS/c1-3-4-8-5-10(15-14-8)13-11(16)9-6-17-7(2)12-9/h5-6H,3-4H2,1-2H3,(H2,13,14,15,16). The van der Waals surface area contributed by atoms with Crippen molar-refractivity contribution in [2.24, 2.45) is 0 Å². The van der Waals surface area contributed by atoms with E-state index in [1.54, 1.807) is 5.38 Å². The second-order valence-corrected chi connectivity index (χ2v) is 4.80. The number of anilines is 1. The summed E-state index contributed by atoms with van der Waals surface area (Å²) in [6.07, 6.45) is 1.97. The Labute approximate surface area is 103 Å². The lowest BCUT2D eigenvalue weighted by molar-refractivity contribution is 0.102. The summed E-state index contributed by atoms with van der Waals surface area (Å²) >= 11 is 1.46. The third-order valence-electron chi connectivity index (χ3n) is 2.24. The SMILES string of the molecule is CCCc1cc(NC(=O)c2csc(C)n2)n[nH]1. The van der Waals surface area contributed by atoms with Crippen LogP contribution in [0.3, 0.4) is 0 Å². The summed E-state index contributed by atoms with van der Waals surface area (Å²) in [5.41, 5.74) is 1.46. The Morgan fingerprint density at radius 2 is 2.41 bits per heavy atom. The van der Waals surface area contributed by atoms with Crippen LogP contribution in [0.5, 0.6) is 0 Å². The largest absolute Gasteiger partial charge is 0.304 e. The normalized spacial score (nSPS) is 10.5. The molecule has 0 fully saturated rings. The highest BCUT2D eigenvalue weighted by atomic mass is 32.1. The van der Waals surface area contributed by atoms with E-state index in [0.29, 0.717) is 11.5 Å². The molecule has 2 heterocycles. The molecule has 0 aliphatic heterocycles. The average Bonchev–Trinajstić information content (AvgIpc) is 2.88. The van der Waals surface area contributed by atoms with E-state index in [2.05, 4.69) is 27.4 Å². The Balaban J connectivity index is 2.02. The van der Waals surface area contributed by atoms with E-state index in [4.69, 9.17) is 0 Å². The number of nitrogens with zero attached hydrogens (tertiary/aromatic N) is 2. The Bertz CT molecular complexity index is 517. The van der Waals surface area contributed by atoms with E-state index in [-0.39, 0.29) is 5.91 Å². The highest BCUT2D eigenvalue weighted by molar-refractivity contribution is 7.09. The molecule has 0 saturated carbocycles. The molecule has 0 radical (unpaired) electrons. The van der Waals surface area contributed by atoms with Gasteiger partial charge in [0, 0.05) is 17.1 Å². The number of rotatable bonds is 4. The zero-order valence-corrected chi connectivity index (χ0v) is 10.6. The van der Waals surface area contributed by atoms with Gasteiger partial charge in [-0.25, -0.2) is 4.98 Å². The molecule has 0 bridgehead atoms. The van der Waals surface area contributed by atoms with Gasteiger partial charge in [0.25, 0.3) is 5.91 Å². The van der Waals surface area contributed by atoms with Gasteiger partial charge in [-0.2, -0.15) is 5.10 Å². The number of H-pyrrole nitrogens is 1. The van der Waals surface area contributed by atoms with Crippen molar-refractivity contribution in [3.63, 3.8) is 0 Å². The molecule has 2 N–H and O–H groups in total. The lowest BCUT2D eigenvalue weighted by Crippen LogP contribution is -2.12. The van der Waals surface area contributed by atoms with Crippen molar-refractivity contribution in [2.45, 2.75) is 26.7 Å². The lowest BCUT2D eigenvalue weighted by atomic mass is 10.2. The van der Waals surface area contributed by atoms with Crippen LogP contribution in [0.2, 0.25) is 0 Å². The predicted octanol–water partition coefficient (Wildman–Crippen LogP) is 2.38. The highest BCUT2D eigenvalue weighted by Crippen LogP contribution is 2.11. The number of aromatic nitrogens is 3. The zero-order valence-electron chi connectivity index (χ0n) is 9.78. The number of nitrogens with one attached hydrogen (secondary N) is 2. The average molecular weight is 250 g/mol. The minimum absolute atomic E-state index is 0.219. The maximum atomic E-state index is 11.8. The van der Waals surface area contributed by atoms with Crippen molar-refractivity contribution in [3.05, 3.63) is 27.8 Å². The van der Waals surface area contributed by atoms with Crippen LogP contribution in [0.25, 0.3) is 0 Å². The molecule has 90 valence electrons. The van der Waals surface area contributed by atoms with E-state index in [0.717, 1.165) is 23.5 Å². The monoisotopic (exact) mass is 250 g/mol. The molecule has 1 amide bonds. The van der Waals surface area contributed by atoms with Crippen molar-refractivity contribution in [1.29, 1.82) is 0 Å². The molecular weight excluding hydrogens is 236 g/mol. The summed E-state index contributed by atoms with van der Waals surface area (Å²) in [4.78, 5) is 15.9. The first kappa shape index (κ1) is 11.8. The minimum atomic E-state index is -0.219. The van der Waals surface area contributed by atoms with Gasteiger partial charge in [0.2, 0.25) is 0 Å². The Hall–Kier alpha value is -1.69. The number of amides is 1. The van der Waals surface area contributed by atoms with Crippen molar-refractivity contribution < 1.29 is 4.79 Å². The summed E-state index contributed by atoms with van der Waals surface area (Å²) in [7, 11) is 0. The second-order valence-electron chi connectivity index (χ2n) is 3.73. The van der Waals surface area contributed by atoms with E-state index in [1.807, 2.05) is 13.0 Å². The van der Waals surface area contributed by atoms with Crippen LogP contribution in [0.1, 0.15) is 34.5 Å². The number of carbonyl (C=O) groups is 1. The first-order valence-corrected chi connectivity index (χ1v) is 6.34. The summed E-state index contributed by atoms with van der Waals surface area (Å²) in [6.45, 7) is 3.96. The fourth-order valence-electron chi connectivity index (χ4n) is 1.47. The quantitative estimate of drug-likeness (QED) is 0.875. The maximum Gasteiger partial charge on any atom is 0.276 e. The van der Waals surface area contributed by atoms with Gasteiger partial charge in [0.15, 0.2) is 5.82 Å². The minimum Gasteiger partial charge on any atom is -0.304 e. The fraction of sp³-hybridized carbons (Fsp3) is 0.364. The van der Waals surface area contributed by atoms with Crippen LogP contribution in [0.4, 0.5) is 5.82 Å². The topological polar surface area (TPSA) is 70.7 Å². The molecule has 0 unspecified atom stereocenters. The number of carbonyl (C=O) groups excluding carboxylic acids is 1. The first-order chi connectivity index (χ1) is 8.19. The summed E-state index contributed by atoms with van der Waals surface area (Å²) in [6, 6.07) is 1.85. The van der Waals surface area contributed by atoms with Crippen molar-refractivity contribution in [3.8, 4) is 0 Å². The number of hydrogen-bond donors (Lipinski definition) is 2. The molecule has 0 aliphatic carbocycles. The Kier molecular flexibility index (Phi) is 3.53. The Morgan fingerprint density at radius 1 is 1.59 bits per heavy atom. The molecule has 2 aromatic rings. The molecular formula is C11H14N4OS. The molecule has 0 aromatic carbocycles. The predicted molar refractivity (Wildman–Crippen MR) is 67.4 cm³/mol. The molecule has 17 heavy (non-hydrogen) atoms. The third-order valence-corrected chi connectivity index (χ3v) is 3.02. The second kappa shape index (κ2) is 5.09. The number of thiazole rings is 1. The molecule has 2 aromatic heterocycles. The number of hydrogen-bond acceptors (Lipinski definition) is 4. The van der Waals surface area contributed by atoms with Gasteiger partial charge in [-0.3, -0.25) is 9.89 Å². The van der Waals surface area contributed by atoms with Crippen LogP contribution in [0, 0.1) is 6.92 Å². The van der Waals surface area contributed by atoms with Crippen LogP contribution in [-0.4, -0.2) is 21.1 Å². The highest BCUT2D eigenvalue weighted by Gasteiger charge is 2.11. The number of aryl methyl sites for hydroxylation is 2. The summed E-state index contributed by atoms with van der Waals surface area (Å²) in [5, 5.41) is 12.2. The first-order valence-electron chi connectivity index (χ1n) is 5.47. The van der Waals surface area contributed by atoms with Crippen LogP contribution in [-0.2, 0) is 6.42 Å². The summed E-state index contributed by atoms with van der Waals surface area (Å²) < 4.78 is 0. The molecule has 0 atom stereocenters. The smallest absolute Gasteiger partial charge is 0.276 e. The van der Waals surface area contributed by atoms with Gasteiger partial charge in [0.1, 0.15) is 5.69 Å². The molecule has 0 saturated heterocycles. The maximum absolute atomic E-state index is 11.8. The van der Waals surface area contributed by atoms with Gasteiger partial charge in [0.05, 0.1) is 5.01 Å². The van der Waals surface area contributed by atoms with Gasteiger partial charge in [-0.1, -0.05) is 13.3 Å². The van der Waals surface area contributed by atoms with Crippen molar-refractivity contribution in [2.75, 3.05) is 5.32 Å². The van der Waals surface area contributed by atoms with E-state index in [9.17, 15) is 4.79 Å². The van der Waals surface area contributed by atoms with Crippen LogP contribution in [0.15, 0.2) is 11.4 Å². The Morgan fingerprint density at radius 3 is 3.06 bits per heavy atom. The lowest BCUT2D eigenvalue weighted by Gasteiger charge is -1.96. The van der Waals surface area contributed by atoms with E-state index < -0.39 is 0 Å². The van der Waals surface area contributed by atoms with Gasteiger partial charge >= 0.3 is 0 Å². The van der Waals surface area contributed by atoms with E-state index >= 15 is 0 Å². The molecule has 6 heteroatoms. The summed E-state index contributed by atoms with van der Waals surface area (Å²) in [5.74, 6) is 0.327. The third kappa shape index (κ3) is 2.91. The molecule has 5 nitrogen and oxygen atoms in total. The van der Waals surface area contributed by atoms with Crippen molar-refractivity contribution in [1.82, 2.24) is 15.2 Å². The van der Waals surface area contributed by atoms with Crippen LogP contribution < -0.4 is 5.32 Å². The molecule has 2 rings (SSSR count). The van der Waals surface area contributed by atoms with E-state index in [1.165, 1.54) is 11.3 Å². The molecule has 0 spiro atoms.